The molecule has 0 aliphatic carbocycles. The topological polar surface area (TPSA) is 53.7 Å². The summed E-state index contributed by atoms with van der Waals surface area (Å²) in [5.74, 6) is 0.203. The van der Waals surface area contributed by atoms with E-state index in [2.05, 4.69) is 0 Å². The number of hydrogen-bond acceptors (Lipinski definition) is 3. The maximum atomic E-state index is 12.0. The van der Waals surface area contributed by atoms with E-state index in [4.69, 9.17) is 4.74 Å². The number of aryl methyl sites for hydroxylation is 1. The molecule has 1 heterocycles. The van der Waals surface area contributed by atoms with Crippen molar-refractivity contribution in [2.75, 3.05) is 12.2 Å². The first-order valence-corrected chi connectivity index (χ1v) is 6.22. The fourth-order valence-corrected chi connectivity index (χ4v) is 1.85. The van der Waals surface area contributed by atoms with E-state index in [1.165, 1.54) is 0 Å². The first-order chi connectivity index (χ1) is 9.61. The third-order valence-electron chi connectivity index (χ3n) is 2.97. The highest BCUT2D eigenvalue weighted by Crippen LogP contribution is 2.24. The Morgan fingerprint density at radius 2 is 2.00 bits per heavy atom. The largest absolute Gasteiger partial charge is 0.496 e. The van der Waals surface area contributed by atoms with Crippen molar-refractivity contribution >= 4 is 11.6 Å². The molecular formula is C15H17N2O3+. The van der Waals surface area contributed by atoms with E-state index in [0.717, 1.165) is 5.56 Å². The molecule has 0 aliphatic rings. The number of pyridine rings is 1. The molecule has 0 spiro atoms. The van der Waals surface area contributed by atoms with Crippen LogP contribution in [0.2, 0.25) is 0 Å². The van der Waals surface area contributed by atoms with Gasteiger partial charge in [-0.25, -0.2) is 0 Å². The number of benzene rings is 1. The van der Waals surface area contributed by atoms with Gasteiger partial charge in [0.15, 0.2) is 12.4 Å². The van der Waals surface area contributed by atoms with Crippen molar-refractivity contribution in [1.29, 1.82) is 0 Å². The zero-order chi connectivity index (χ0) is 14.5. The minimum absolute atomic E-state index is 0.0630. The molecule has 1 aromatic heterocycles. The van der Waals surface area contributed by atoms with Crippen LogP contribution in [-0.4, -0.2) is 18.2 Å². The third-order valence-corrected chi connectivity index (χ3v) is 2.97. The minimum atomic E-state index is -0.424. The summed E-state index contributed by atoms with van der Waals surface area (Å²) in [5.41, 5.74) is 1.32. The number of carbonyl (C=O) groups excluding carboxylic acids is 1. The number of methoxy groups -OCH3 is 1. The van der Waals surface area contributed by atoms with Crippen LogP contribution in [0.5, 0.6) is 5.75 Å². The van der Waals surface area contributed by atoms with E-state index in [9.17, 15) is 10.0 Å². The normalized spacial score (nSPS) is 10.2. The monoisotopic (exact) mass is 273 g/mol. The van der Waals surface area contributed by atoms with E-state index in [1.807, 2.05) is 25.1 Å². The molecule has 104 valence electrons. The molecule has 20 heavy (non-hydrogen) atoms. The van der Waals surface area contributed by atoms with Crippen LogP contribution < -0.4 is 14.4 Å². The number of aromatic nitrogens is 1. The molecule has 0 radical (unpaired) electrons. The highest BCUT2D eigenvalue weighted by atomic mass is 16.5. The van der Waals surface area contributed by atoms with Gasteiger partial charge in [0.2, 0.25) is 6.54 Å². The molecule has 2 rings (SSSR count). The molecule has 1 N–H and O–H groups in total. The second-order valence-corrected chi connectivity index (χ2v) is 4.41. The van der Waals surface area contributed by atoms with E-state index >= 15 is 0 Å². The summed E-state index contributed by atoms with van der Waals surface area (Å²) in [6, 6.07) is 10.6. The van der Waals surface area contributed by atoms with Crippen molar-refractivity contribution in [3.8, 4) is 5.75 Å². The van der Waals surface area contributed by atoms with Crippen molar-refractivity contribution in [2.45, 2.75) is 13.5 Å². The Morgan fingerprint density at radius 3 is 2.65 bits per heavy atom. The van der Waals surface area contributed by atoms with Gasteiger partial charge < -0.3 is 4.74 Å². The maximum absolute atomic E-state index is 12.0. The number of rotatable bonds is 4. The summed E-state index contributed by atoms with van der Waals surface area (Å²) in [6.07, 6.45) is 3.53. The fraction of sp³-hybridized carbons (Fsp3) is 0.200. The smallest absolute Gasteiger partial charge is 0.316 e. The van der Waals surface area contributed by atoms with Gasteiger partial charge in [0.25, 0.3) is 0 Å². The van der Waals surface area contributed by atoms with Gasteiger partial charge in [0.05, 0.1) is 12.8 Å². The van der Waals surface area contributed by atoms with Crippen molar-refractivity contribution in [3.05, 3.63) is 54.4 Å². The highest BCUT2D eigenvalue weighted by Gasteiger charge is 2.18. The molecule has 2 aromatic rings. The number of ether oxygens (including phenoxy) is 1. The van der Waals surface area contributed by atoms with Crippen LogP contribution >= 0.6 is 0 Å². The Hall–Kier alpha value is -2.40. The first-order valence-electron chi connectivity index (χ1n) is 6.22. The average molecular weight is 273 g/mol. The van der Waals surface area contributed by atoms with Gasteiger partial charge in [-0.3, -0.25) is 10.0 Å². The second-order valence-electron chi connectivity index (χ2n) is 4.41. The van der Waals surface area contributed by atoms with Gasteiger partial charge in [-0.1, -0.05) is 12.1 Å². The Labute approximate surface area is 117 Å². The van der Waals surface area contributed by atoms with Gasteiger partial charge in [0, 0.05) is 18.2 Å². The van der Waals surface area contributed by atoms with Gasteiger partial charge >= 0.3 is 5.91 Å². The van der Waals surface area contributed by atoms with Crippen molar-refractivity contribution < 1.29 is 19.3 Å². The van der Waals surface area contributed by atoms with Crippen molar-refractivity contribution in [1.82, 2.24) is 0 Å². The van der Waals surface area contributed by atoms with Gasteiger partial charge in [-0.15, -0.1) is 0 Å². The summed E-state index contributed by atoms with van der Waals surface area (Å²) < 4.78 is 6.87. The van der Waals surface area contributed by atoms with Crippen LogP contribution in [0.3, 0.4) is 0 Å². The molecule has 0 atom stereocenters. The van der Waals surface area contributed by atoms with Gasteiger partial charge in [0.1, 0.15) is 5.75 Å². The highest BCUT2D eigenvalue weighted by molar-refractivity contribution is 5.90. The molecule has 0 unspecified atom stereocenters. The number of anilines is 1. The summed E-state index contributed by atoms with van der Waals surface area (Å²) in [6.45, 7) is 1.96. The molecule has 5 heteroatoms. The minimum Gasteiger partial charge on any atom is -0.496 e. The van der Waals surface area contributed by atoms with Crippen LogP contribution in [-0.2, 0) is 11.3 Å². The van der Waals surface area contributed by atoms with Gasteiger partial charge in [-0.05, 0) is 18.6 Å². The lowest BCUT2D eigenvalue weighted by atomic mass is 10.2. The predicted octanol–water partition coefficient (Wildman–Crippen LogP) is 1.71. The summed E-state index contributed by atoms with van der Waals surface area (Å²) in [5, 5.41) is 10.6. The molecular weight excluding hydrogens is 256 g/mol. The van der Waals surface area contributed by atoms with E-state index < -0.39 is 5.91 Å². The zero-order valence-corrected chi connectivity index (χ0v) is 11.5. The van der Waals surface area contributed by atoms with Gasteiger partial charge in [-0.2, -0.15) is 9.63 Å². The molecule has 0 fully saturated rings. The summed E-state index contributed by atoms with van der Waals surface area (Å²) in [7, 11) is 1.55. The van der Waals surface area contributed by atoms with E-state index in [0.29, 0.717) is 16.5 Å². The third kappa shape index (κ3) is 3.13. The SMILES string of the molecule is COc1cc(N(O)C(=O)C[n+]2ccccc2)ccc1C. The lowest BCUT2D eigenvalue weighted by Crippen LogP contribution is -2.43. The van der Waals surface area contributed by atoms with Crippen molar-refractivity contribution in [2.24, 2.45) is 0 Å². The van der Waals surface area contributed by atoms with Crippen LogP contribution in [0.4, 0.5) is 5.69 Å². The predicted molar refractivity (Wildman–Crippen MR) is 73.6 cm³/mol. The molecule has 5 nitrogen and oxygen atoms in total. The van der Waals surface area contributed by atoms with Crippen LogP contribution in [0.15, 0.2) is 48.8 Å². The molecule has 1 amide bonds. The van der Waals surface area contributed by atoms with Crippen molar-refractivity contribution in [3.63, 3.8) is 0 Å². The number of carbonyl (C=O) groups is 1. The zero-order valence-electron chi connectivity index (χ0n) is 11.5. The average Bonchev–Trinajstić information content (AvgIpc) is 2.48. The maximum Gasteiger partial charge on any atom is 0.316 e. The van der Waals surface area contributed by atoms with Crippen LogP contribution in [0, 0.1) is 6.92 Å². The lowest BCUT2D eigenvalue weighted by molar-refractivity contribution is -0.684. The molecule has 0 saturated heterocycles. The summed E-state index contributed by atoms with van der Waals surface area (Å²) >= 11 is 0. The second kappa shape index (κ2) is 6.16. The molecule has 0 aliphatic heterocycles. The van der Waals surface area contributed by atoms with E-state index in [1.54, 1.807) is 42.3 Å². The Kier molecular flexibility index (Phi) is 4.32. The number of nitrogens with zero attached hydrogens (tertiary/aromatic N) is 2. The Bertz CT molecular complexity index is 599. The fourth-order valence-electron chi connectivity index (χ4n) is 1.85. The number of amides is 1. The summed E-state index contributed by atoms with van der Waals surface area (Å²) in [4.78, 5) is 12.0. The first kappa shape index (κ1) is 14.0. The molecule has 0 bridgehead atoms. The quantitative estimate of drug-likeness (QED) is 0.524. The number of hydrogen-bond donors (Lipinski definition) is 1. The van der Waals surface area contributed by atoms with Crippen LogP contribution in [0.25, 0.3) is 0 Å². The molecule has 1 aromatic carbocycles. The standard InChI is InChI=1S/C15H17N2O3/c1-12-6-7-13(10-14(12)20-2)17(19)15(18)11-16-8-4-3-5-9-16/h3-10,19H,11H2,1-2H3/q+1. The van der Waals surface area contributed by atoms with E-state index in [-0.39, 0.29) is 6.54 Å². The lowest BCUT2D eigenvalue weighted by Gasteiger charge is -2.15. The van der Waals surface area contributed by atoms with Crippen LogP contribution in [0.1, 0.15) is 5.56 Å². The number of hydroxylamine groups is 1. The molecule has 0 saturated carbocycles. The Morgan fingerprint density at radius 1 is 1.30 bits per heavy atom. The Balaban J connectivity index is 2.14.